The Labute approximate surface area is 186 Å². The Kier molecular flexibility index (Phi) is 6.08. The summed E-state index contributed by atoms with van der Waals surface area (Å²) < 4.78 is 7.18. The Balaban J connectivity index is 1.54. The monoisotopic (exact) mass is 434 g/mol. The van der Waals surface area contributed by atoms with E-state index in [1.54, 1.807) is 12.1 Å². The first-order chi connectivity index (χ1) is 15.0. The number of carbonyl (C=O) groups is 1. The van der Waals surface area contributed by atoms with Gasteiger partial charge >= 0.3 is 0 Å². The standard InChI is InChI=1S/C24H23ClN4O2/c1-16-22(17(2)29(27-16)21-8-7-20(15-26)23(25)14-21)13-18-3-5-19(6-4-18)24(30)28-9-11-31-12-10-28/h3-8,14H,9-13H2,1-2H3. The number of ether oxygens (including phenoxy) is 1. The van der Waals surface area contributed by atoms with Crippen molar-refractivity contribution in [2.75, 3.05) is 26.3 Å². The molecule has 1 amide bonds. The first-order valence-electron chi connectivity index (χ1n) is 10.2. The molecule has 1 saturated heterocycles. The molecule has 0 spiro atoms. The molecule has 1 aliphatic heterocycles. The van der Waals surface area contributed by atoms with Crippen LogP contribution in [0, 0.1) is 25.2 Å². The van der Waals surface area contributed by atoms with Crippen LogP contribution in [0.3, 0.4) is 0 Å². The van der Waals surface area contributed by atoms with Gasteiger partial charge in [0.15, 0.2) is 0 Å². The van der Waals surface area contributed by atoms with Crippen LogP contribution in [-0.4, -0.2) is 46.9 Å². The minimum atomic E-state index is 0.0488. The molecule has 31 heavy (non-hydrogen) atoms. The van der Waals surface area contributed by atoms with Crippen molar-refractivity contribution in [2.24, 2.45) is 0 Å². The van der Waals surface area contributed by atoms with Crippen molar-refractivity contribution in [3.63, 3.8) is 0 Å². The maximum atomic E-state index is 12.6. The van der Waals surface area contributed by atoms with E-state index < -0.39 is 0 Å². The second-order valence-electron chi connectivity index (χ2n) is 7.62. The van der Waals surface area contributed by atoms with E-state index in [2.05, 4.69) is 11.2 Å². The van der Waals surface area contributed by atoms with E-state index in [1.807, 2.05) is 53.8 Å². The highest BCUT2D eigenvalue weighted by atomic mass is 35.5. The molecule has 4 rings (SSSR count). The van der Waals surface area contributed by atoms with Crippen molar-refractivity contribution in [3.05, 3.63) is 81.1 Å². The van der Waals surface area contributed by atoms with Crippen LogP contribution in [0.5, 0.6) is 0 Å². The van der Waals surface area contributed by atoms with Gasteiger partial charge in [-0.05, 0) is 49.7 Å². The average molecular weight is 435 g/mol. The van der Waals surface area contributed by atoms with E-state index in [4.69, 9.17) is 21.6 Å². The first kappa shape index (κ1) is 21.1. The summed E-state index contributed by atoms with van der Waals surface area (Å²) in [6.07, 6.45) is 0.716. The second kappa shape index (κ2) is 8.93. The van der Waals surface area contributed by atoms with Crippen LogP contribution in [-0.2, 0) is 11.2 Å². The molecule has 0 radical (unpaired) electrons. The fraction of sp³-hybridized carbons (Fsp3) is 0.292. The van der Waals surface area contributed by atoms with Crippen LogP contribution in [0.25, 0.3) is 5.69 Å². The summed E-state index contributed by atoms with van der Waals surface area (Å²) in [4.78, 5) is 14.5. The zero-order chi connectivity index (χ0) is 22.0. The summed E-state index contributed by atoms with van der Waals surface area (Å²) in [5.41, 5.74) is 6.16. The van der Waals surface area contributed by atoms with Crippen molar-refractivity contribution >= 4 is 17.5 Å². The van der Waals surface area contributed by atoms with Gasteiger partial charge in [0.05, 0.1) is 35.2 Å². The van der Waals surface area contributed by atoms with E-state index in [9.17, 15) is 4.79 Å². The van der Waals surface area contributed by atoms with Crippen LogP contribution in [0.15, 0.2) is 42.5 Å². The zero-order valence-corrected chi connectivity index (χ0v) is 18.3. The number of aryl methyl sites for hydroxylation is 1. The van der Waals surface area contributed by atoms with E-state index in [1.165, 1.54) is 0 Å². The van der Waals surface area contributed by atoms with Gasteiger partial charge in [0.25, 0.3) is 5.91 Å². The molecular formula is C24H23ClN4O2. The Morgan fingerprint density at radius 2 is 1.87 bits per heavy atom. The average Bonchev–Trinajstić information content (AvgIpc) is 3.08. The third-order valence-electron chi connectivity index (χ3n) is 5.64. The molecule has 0 N–H and O–H groups in total. The smallest absolute Gasteiger partial charge is 0.254 e. The lowest BCUT2D eigenvalue weighted by molar-refractivity contribution is 0.0303. The van der Waals surface area contributed by atoms with Crippen molar-refractivity contribution in [1.82, 2.24) is 14.7 Å². The van der Waals surface area contributed by atoms with Crippen molar-refractivity contribution < 1.29 is 9.53 Å². The molecular weight excluding hydrogens is 412 g/mol. The summed E-state index contributed by atoms with van der Waals surface area (Å²) in [6, 6.07) is 15.2. The molecule has 6 nitrogen and oxygen atoms in total. The summed E-state index contributed by atoms with van der Waals surface area (Å²) in [5, 5.41) is 14.2. The molecule has 1 aliphatic rings. The molecule has 0 aliphatic carbocycles. The van der Waals surface area contributed by atoms with Gasteiger partial charge in [-0.15, -0.1) is 0 Å². The number of benzene rings is 2. The predicted octanol–water partition coefficient (Wildman–Crippen LogP) is 4.08. The lowest BCUT2D eigenvalue weighted by atomic mass is 10.0. The van der Waals surface area contributed by atoms with Gasteiger partial charge < -0.3 is 9.64 Å². The molecule has 3 aromatic rings. The van der Waals surface area contributed by atoms with E-state index in [0.717, 1.165) is 28.2 Å². The fourth-order valence-electron chi connectivity index (χ4n) is 3.83. The number of amides is 1. The Morgan fingerprint density at radius 3 is 2.52 bits per heavy atom. The number of nitriles is 1. The summed E-state index contributed by atoms with van der Waals surface area (Å²) in [7, 11) is 0. The Hall–Kier alpha value is -3.14. The topological polar surface area (TPSA) is 71.2 Å². The Morgan fingerprint density at radius 1 is 1.16 bits per heavy atom. The van der Waals surface area contributed by atoms with Gasteiger partial charge in [-0.3, -0.25) is 4.79 Å². The van der Waals surface area contributed by atoms with Crippen LogP contribution < -0.4 is 0 Å². The van der Waals surface area contributed by atoms with Crippen LogP contribution in [0.4, 0.5) is 0 Å². The fourth-order valence-corrected chi connectivity index (χ4v) is 4.04. The number of nitrogens with zero attached hydrogens (tertiary/aromatic N) is 4. The minimum absolute atomic E-state index is 0.0488. The zero-order valence-electron chi connectivity index (χ0n) is 17.6. The summed E-state index contributed by atoms with van der Waals surface area (Å²) in [5.74, 6) is 0.0488. The molecule has 1 aromatic heterocycles. The van der Waals surface area contributed by atoms with Gasteiger partial charge in [-0.2, -0.15) is 10.4 Å². The first-order valence-corrected chi connectivity index (χ1v) is 10.6. The lowest BCUT2D eigenvalue weighted by Crippen LogP contribution is -2.40. The molecule has 0 atom stereocenters. The summed E-state index contributed by atoms with van der Waals surface area (Å²) >= 11 is 6.20. The van der Waals surface area contributed by atoms with Crippen molar-refractivity contribution in [2.45, 2.75) is 20.3 Å². The molecule has 2 aromatic carbocycles. The number of morpholine rings is 1. The van der Waals surface area contributed by atoms with Gasteiger partial charge in [-0.25, -0.2) is 4.68 Å². The minimum Gasteiger partial charge on any atom is -0.378 e. The summed E-state index contributed by atoms with van der Waals surface area (Å²) in [6.45, 7) is 6.47. The number of hydrogen-bond acceptors (Lipinski definition) is 4. The van der Waals surface area contributed by atoms with Crippen molar-refractivity contribution in [3.8, 4) is 11.8 Å². The quantitative estimate of drug-likeness (QED) is 0.620. The lowest BCUT2D eigenvalue weighted by Gasteiger charge is -2.26. The van der Waals surface area contributed by atoms with Gasteiger partial charge in [0.2, 0.25) is 0 Å². The third-order valence-corrected chi connectivity index (χ3v) is 5.95. The highest BCUT2D eigenvalue weighted by Crippen LogP contribution is 2.24. The maximum absolute atomic E-state index is 12.6. The number of carbonyl (C=O) groups excluding carboxylic acids is 1. The van der Waals surface area contributed by atoms with Gasteiger partial charge in [0.1, 0.15) is 6.07 Å². The van der Waals surface area contributed by atoms with Gasteiger partial charge in [-0.1, -0.05) is 23.7 Å². The Bertz CT molecular complexity index is 1160. The second-order valence-corrected chi connectivity index (χ2v) is 8.02. The number of aromatic nitrogens is 2. The number of rotatable bonds is 4. The predicted molar refractivity (Wildman–Crippen MR) is 119 cm³/mol. The molecule has 1 fully saturated rings. The third kappa shape index (κ3) is 4.34. The van der Waals surface area contributed by atoms with Crippen LogP contribution in [0.1, 0.15) is 38.4 Å². The number of hydrogen-bond donors (Lipinski definition) is 0. The molecule has 0 unspecified atom stereocenters. The maximum Gasteiger partial charge on any atom is 0.254 e. The van der Waals surface area contributed by atoms with E-state index >= 15 is 0 Å². The highest BCUT2D eigenvalue weighted by Gasteiger charge is 2.19. The molecule has 0 bridgehead atoms. The number of halogens is 1. The van der Waals surface area contributed by atoms with Crippen LogP contribution in [0.2, 0.25) is 5.02 Å². The molecule has 2 heterocycles. The van der Waals surface area contributed by atoms with Crippen LogP contribution >= 0.6 is 11.6 Å². The van der Waals surface area contributed by atoms with E-state index in [-0.39, 0.29) is 5.91 Å². The molecule has 7 heteroatoms. The highest BCUT2D eigenvalue weighted by molar-refractivity contribution is 6.31. The SMILES string of the molecule is Cc1nn(-c2ccc(C#N)c(Cl)c2)c(C)c1Cc1ccc(C(=O)N2CCOCC2)cc1. The van der Waals surface area contributed by atoms with Crippen molar-refractivity contribution in [1.29, 1.82) is 5.26 Å². The molecule has 158 valence electrons. The van der Waals surface area contributed by atoms with Gasteiger partial charge in [0, 0.05) is 36.3 Å². The normalized spacial score (nSPS) is 13.8. The molecule has 0 saturated carbocycles. The van der Waals surface area contributed by atoms with E-state index in [0.29, 0.717) is 48.9 Å². The largest absolute Gasteiger partial charge is 0.378 e.